The summed E-state index contributed by atoms with van der Waals surface area (Å²) in [4.78, 5) is 29.0. The molecule has 0 spiro atoms. The summed E-state index contributed by atoms with van der Waals surface area (Å²) in [7, 11) is 0. The van der Waals surface area contributed by atoms with E-state index in [2.05, 4.69) is 5.32 Å². The van der Waals surface area contributed by atoms with E-state index < -0.39 is 0 Å². The maximum absolute atomic E-state index is 13.2. The number of hydrogen-bond acceptors (Lipinski definition) is 5. The number of amides is 2. The zero-order valence-corrected chi connectivity index (χ0v) is 19.1. The van der Waals surface area contributed by atoms with Crippen molar-refractivity contribution in [2.24, 2.45) is 0 Å². The predicted octanol–water partition coefficient (Wildman–Crippen LogP) is 4.85. The predicted molar refractivity (Wildman–Crippen MR) is 127 cm³/mol. The molecule has 0 aromatic heterocycles. The van der Waals surface area contributed by atoms with E-state index in [4.69, 9.17) is 10.1 Å². The monoisotopic (exact) mass is 438 g/mol. The molecule has 7 heteroatoms. The van der Waals surface area contributed by atoms with Crippen molar-refractivity contribution >= 4 is 35.2 Å². The van der Waals surface area contributed by atoms with Crippen LogP contribution >= 0.6 is 0 Å². The summed E-state index contributed by atoms with van der Waals surface area (Å²) in [5.41, 5.74) is 2.94. The van der Waals surface area contributed by atoms with Gasteiger partial charge in [0.1, 0.15) is 6.10 Å². The first-order chi connectivity index (χ1) is 15.5. The smallest absolute Gasteiger partial charge is 0.414 e. The summed E-state index contributed by atoms with van der Waals surface area (Å²) >= 11 is 0. The number of nitrogens with one attached hydrogen (secondary N) is 2. The molecule has 1 unspecified atom stereocenters. The molecule has 1 aromatic rings. The van der Waals surface area contributed by atoms with E-state index >= 15 is 0 Å². The Morgan fingerprint density at radius 1 is 1.09 bits per heavy atom. The standard InChI is InChI=1S/C25H34N4O3/c1-17-16-28(25(31)32-22-9-4-3-5-10-22)24-13-19(11-12-23(24)29(17)18(2)30)20(14-26)15-27-21-7-6-8-21/h11-15,17,21-22,26-27H,3-10,16H2,1-2H3/b20-15+,26-14?. The van der Waals surface area contributed by atoms with E-state index in [-0.39, 0.29) is 24.1 Å². The van der Waals surface area contributed by atoms with Crippen LogP contribution in [0, 0.1) is 5.41 Å². The second kappa shape index (κ2) is 9.76. The minimum Gasteiger partial charge on any atom is -0.446 e. The van der Waals surface area contributed by atoms with Gasteiger partial charge in [0.05, 0.1) is 17.4 Å². The molecule has 1 aromatic carbocycles. The molecule has 32 heavy (non-hydrogen) atoms. The van der Waals surface area contributed by atoms with Gasteiger partial charge in [-0.1, -0.05) is 12.5 Å². The summed E-state index contributed by atoms with van der Waals surface area (Å²) in [6.07, 6.45) is 11.6. The molecule has 2 saturated carbocycles. The first-order valence-electron chi connectivity index (χ1n) is 11.9. The third kappa shape index (κ3) is 4.66. The van der Waals surface area contributed by atoms with Crippen molar-refractivity contribution < 1.29 is 14.3 Å². The van der Waals surface area contributed by atoms with Crippen LogP contribution in [-0.4, -0.2) is 42.9 Å². The van der Waals surface area contributed by atoms with Gasteiger partial charge in [0.25, 0.3) is 0 Å². The number of allylic oxidation sites excluding steroid dienone is 1. The fourth-order valence-electron chi connectivity index (χ4n) is 4.84. The SMILES string of the molecule is CC(=O)N1c2ccc(/C(C=N)=C/NC3CCC3)cc2N(C(=O)OC2CCCCC2)CC1C. The van der Waals surface area contributed by atoms with Crippen molar-refractivity contribution in [2.75, 3.05) is 16.3 Å². The van der Waals surface area contributed by atoms with E-state index in [1.165, 1.54) is 19.1 Å². The van der Waals surface area contributed by atoms with Crippen LogP contribution in [0.15, 0.2) is 24.4 Å². The molecule has 0 radical (unpaired) electrons. The molecular formula is C25H34N4O3. The zero-order valence-electron chi connectivity index (χ0n) is 19.1. The van der Waals surface area contributed by atoms with Crippen molar-refractivity contribution in [1.82, 2.24) is 5.32 Å². The van der Waals surface area contributed by atoms with Gasteiger partial charge in [0.15, 0.2) is 0 Å². The number of carbonyl (C=O) groups is 2. The van der Waals surface area contributed by atoms with Gasteiger partial charge in [0, 0.05) is 37.5 Å². The Morgan fingerprint density at radius 2 is 1.84 bits per heavy atom. The number of anilines is 2. The van der Waals surface area contributed by atoms with Gasteiger partial charge in [-0.2, -0.15) is 0 Å². The van der Waals surface area contributed by atoms with Crippen molar-refractivity contribution in [3.8, 4) is 0 Å². The van der Waals surface area contributed by atoms with E-state index in [9.17, 15) is 9.59 Å². The highest BCUT2D eigenvalue weighted by molar-refractivity contribution is 6.10. The lowest BCUT2D eigenvalue weighted by Crippen LogP contribution is -2.52. The third-order valence-corrected chi connectivity index (χ3v) is 6.86. The second-order valence-corrected chi connectivity index (χ2v) is 9.23. The minimum absolute atomic E-state index is 0.0345. The van der Waals surface area contributed by atoms with Crippen LogP contribution in [0.4, 0.5) is 16.2 Å². The lowest BCUT2D eigenvalue weighted by atomic mass is 9.93. The molecule has 1 heterocycles. The van der Waals surface area contributed by atoms with Gasteiger partial charge in [-0.15, -0.1) is 0 Å². The normalized spacial score (nSPS) is 22.1. The average molecular weight is 439 g/mol. The number of ether oxygens (including phenoxy) is 1. The second-order valence-electron chi connectivity index (χ2n) is 9.23. The number of fused-ring (bicyclic) bond motifs is 1. The van der Waals surface area contributed by atoms with Gasteiger partial charge >= 0.3 is 6.09 Å². The summed E-state index contributed by atoms with van der Waals surface area (Å²) in [6.45, 7) is 3.88. The van der Waals surface area contributed by atoms with E-state index in [1.807, 2.05) is 31.3 Å². The Bertz CT molecular complexity index is 902. The molecule has 2 aliphatic carbocycles. The maximum atomic E-state index is 13.2. The maximum Gasteiger partial charge on any atom is 0.414 e. The molecule has 4 rings (SSSR count). The van der Waals surface area contributed by atoms with Crippen LogP contribution in [-0.2, 0) is 9.53 Å². The lowest BCUT2D eigenvalue weighted by molar-refractivity contribution is -0.117. The molecule has 1 atom stereocenters. The molecule has 0 bridgehead atoms. The van der Waals surface area contributed by atoms with Gasteiger partial charge in [0.2, 0.25) is 5.91 Å². The first kappa shape index (κ1) is 22.4. The van der Waals surface area contributed by atoms with Crippen molar-refractivity contribution in [2.45, 2.75) is 83.4 Å². The van der Waals surface area contributed by atoms with Gasteiger partial charge < -0.3 is 20.4 Å². The van der Waals surface area contributed by atoms with E-state index in [0.29, 0.717) is 24.0 Å². The summed E-state index contributed by atoms with van der Waals surface area (Å²) in [6, 6.07) is 6.01. The third-order valence-electron chi connectivity index (χ3n) is 6.86. The summed E-state index contributed by atoms with van der Waals surface area (Å²) in [5.74, 6) is -0.0544. The minimum atomic E-state index is -0.349. The summed E-state index contributed by atoms with van der Waals surface area (Å²) in [5, 5.41) is 11.3. The average Bonchev–Trinajstić information content (AvgIpc) is 2.75. The van der Waals surface area contributed by atoms with Crippen LogP contribution in [0.1, 0.15) is 70.8 Å². The molecule has 0 saturated heterocycles. The number of nitrogens with zero attached hydrogens (tertiary/aromatic N) is 2. The molecule has 7 nitrogen and oxygen atoms in total. The van der Waals surface area contributed by atoms with Crippen LogP contribution in [0.25, 0.3) is 5.57 Å². The highest BCUT2D eigenvalue weighted by Gasteiger charge is 2.35. The Morgan fingerprint density at radius 3 is 2.47 bits per heavy atom. The number of carbonyl (C=O) groups excluding carboxylic acids is 2. The lowest BCUT2D eigenvalue weighted by Gasteiger charge is -2.41. The van der Waals surface area contributed by atoms with Gasteiger partial charge in [-0.25, -0.2) is 4.79 Å². The van der Waals surface area contributed by atoms with E-state index in [1.54, 1.807) is 16.7 Å². The van der Waals surface area contributed by atoms with Crippen LogP contribution < -0.4 is 15.1 Å². The van der Waals surface area contributed by atoms with Crippen LogP contribution in [0.2, 0.25) is 0 Å². The van der Waals surface area contributed by atoms with Gasteiger partial charge in [-0.05, 0) is 69.6 Å². The van der Waals surface area contributed by atoms with Crippen LogP contribution in [0.3, 0.4) is 0 Å². The van der Waals surface area contributed by atoms with Crippen molar-refractivity contribution in [1.29, 1.82) is 5.41 Å². The Balaban J connectivity index is 1.64. The molecule has 2 fully saturated rings. The van der Waals surface area contributed by atoms with Gasteiger partial charge in [-0.3, -0.25) is 9.69 Å². The topological polar surface area (TPSA) is 85.7 Å². The fraction of sp³-hybridized carbons (Fsp3) is 0.560. The quantitative estimate of drug-likeness (QED) is 0.644. The molecule has 2 amide bonds. The number of hydrogen-bond donors (Lipinski definition) is 2. The molecular weight excluding hydrogens is 404 g/mol. The molecule has 172 valence electrons. The Hall–Kier alpha value is -2.83. The zero-order chi connectivity index (χ0) is 22.7. The number of benzene rings is 1. The summed E-state index contributed by atoms with van der Waals surface area (Å²) < 4.78 is 5.87. The largest absolute Gasteiger partial charge is 0.446 e. The van der Waals surface area contributed by atoms with Crippen molar-refractivity contribution in [3.05, 3.63) is 30.0 Å². The first-order valence-corrected chi connectivity index (χ1v) is 11.9. The van der Waals surface area contributed by atoms with Crippen LogP contribution in [0.5, 0.6) is 0 Å². The Kier molecular flexibility index (Phi) is 6.82. The highest BCUT2D eigenvalue weighted by atomic mass is 16.6. The van der Waals surface area contributed by atoms with E-state index in [0.717, 1.165) is 49.7 Å². The number of rotatable bonds is 5. The molecule has 1 aliphatic heterocycles. The highest BCUT2D eigenvalue weighted by Crippen LogP contribution is 2.38. The molecule has 2 N–H and O–H groups in total. The Labute approximate surface area is 190 Å². The fourth-order valence-corrected chi connectivity index (χ4v) is 4.84. The molecule has 3 aliphatic rings. The van der Waals surface area contributed by atoms with Crippen molar-refractivity contribution in [3.63, 3.8) is 0 Å².